The summed E-state index contributed by atoms with van der Waals surface area (Å²) in [6.45, 7) is 11.7. The van der Waals surface area contributed by atoms with Gasteiger partial charge >= 0.3 is 6.09 Å². The molecule has 1 atom stereocenters. The Labute approximate surface area is 235 Å². The Morgan fingerprint density at radius 1 is 1.21 bits per heavy atom. The van der Waals surface area contributed by atoms with Crippen molar-refractivity contribution >= 4 is 29.4 Å². The number of anilines is 1. The van der Waals surface area contributed by atoms with Gasteiger partial charge in [-0.05, 0) is 94.3 Å². The summed E-state index contributed by atoms with van der Waals surface area (Å²) in [6, 6.07) is 14.2. The number of amides is 1. The van der Waals surface area contributed by atoms with Gasteiger partial charge in [0, 0.05) is 30.4 Å². The lowest BCUT2D eigenvalue weighted by atomic mass is 10.0. The standard InChI is InChI=1S/C31H39N3O4S/c1-21(19-37-27-12-6-23(18-35)7-13-27)14-15-34(26-10-11-26)28-16-24(29-22(2)33-20-39-29)8-9-25(28)17-32-30(36)38-31(3,4)5/h6-9,12-13,16,18,20-21,26H,10-11,14-15,17,19H2,1-5H3,(H,32,36). The number of rotatable bonds is 12. The molecule has 1 heterocycles. The van der Waals surface area contributed by atoms with Crippen molar-refractivity contribution in [1.82, 2.24) is 10.3 Å². The topological polar surface area (TPSA) is 80.8 Å². The predicted octanol–water partition coefficient (Wildman–Crippen LogP) is 7.03. The van der Waals surface area contributed by atoms with Crippen molar-refractivity contribution in [2.75, 3.05) is 18.1 Å². The summed E-state index contributed by atoms with van der Waals surface area (Å²) in [4.78, 5) is 31.4. The molecule has 0 saturated heterocycles. The summed E-state index contributed by atoms with van der Waals surface area (Å²) in [5.74, 6) is 1.11. The van der Waals surface area contributed by atoms with Crippen LogP contribution < -0.4 is 15.0 Å². The van der Waals surface area contributed by atoms with Gasteiger partial charge in [0.15, 0.2) is 0 Å². The van der Waals surface area contributed by atoms with E-state index < -0.39 is 11.7 Å². The lowest BCUT2D eigenvalue weighted by Crippen LogP contribution is -2.33. The number of carbonyl (C=O) groups excluding carboxylic acids is 2. The molecule has 0 bridgehead atoms. The maximum absolute atomic E-state index is 12.4. The number of benzene rings is 2. The number of ether oxygens (including phenoxy) is 2. The quantitative estimate of drug-likeness (QED) is 0.244. The normalized spacial score (nSPS) is 14.0. The van der Waals surface area contributed by atoms with Gasteiger partial charge < -0.3 is 19.7 Å². The highest BCUT2D eigenvalue weighted by molar-refractivity contribution is 7.13. The zero-order valence-electron chi connectivity index (χ0n) is 23.5. The number of aldehydes is 1. The molecule has 1 N–H and O–H groups in total. The third kappa shape index (κ3) is 8.30. The largest absolute Gasteiger partial charge is 0.493 e. The van der Waals surface area contributed by atoms with Gasteiger partial charge in [0.2, 0.25) is 0 Å². The monoisotopic (exact) mass is 549 g/mol. The van der Waals surface area contributed by atoms with Crippen molar-refractivity contribution < 1.29 is 19.1 Å². The first kappa shape index (κ1) is 28.6. The number of thiazole rings is 1. The van der Waals surface area contributed by atoms with Gasteiger partial charge in [-0.3, -0.25) is 4.79 Å². The first-order valence-electron chi connectivity index (χ1n) is 13.6. The van der Waals surface area contributed by atoms with Crippen LogP contribution in [0.25, 0.3) is 10.4 Å². The molecule has 7 nitrogen and oxygen atoms in total. The van der Waals surface area contributed by atoms with Crippen molar-refractivity contribution in [1.29, 1.82) is 0 Å². The summed E-state index contributed by atoms with van der Waals surface area (Å²) in [7, 11) is 0. The minimum atomic E-state index is -0.546. The molecular weight excluding hydrogens is 510 g/mol. The van der Waals surface area contributed by atoms with Crippen molar-refractivity contribution in [2.24, 2.45) is 5.92 Å². The molecule has 1 aliphatic carbocycles. The van der Waals surface area contributed by atoms with Crippen LogP contribution >= 0.6 is 11.3 Å². The van der Waals surface area contributed by atoms with Gasteiger partial charge in [-0.15, -0.1) is 11.3 Å². The van der Waals surface area contributed by atoms with Gasteiger partial charge in [-0.1, -0.05) is 19.1 Å². The molecule has 1 unspecified atom stereocenters. The van der Waals surface area contributed by atoms with Gasteiger partial charge in [0.25, 0.3) is 0 Å². The zero-order chi connectivity index (χ0) is 28.0. The average Bonchev–Trinajstić information content (AvgIpc) is 3.65. The molecule has 208 valence electrons. The number of alkyl carbamates (subject to hydrolysis) is 1. The van der Waals surface area contributed by atoms with Crippen LogP contribution in [0.1, 0.15) is 68.6 Å². The third-order valence-electron chi connectivity index (χ3n) is 6.63. The minimum Gasteiger partial charge on any atom is -0.493 e. The Bertz CT molecular complexity index is 1260. The number of nitrogens with zero attached hydrogens (tertiary/aromatic N) is 2. The van der Waals surface area contributed by atoms with E-state index in [2.05, 4.69) is 40.3 Å². The van der Waals surface area contributed by atoms with E-state index in [1.807, 2.05) is 45.3 Å². The van der Waals surface area contributed by atoms with Gasteiger partial charge in [-0.2, -0.15) is 0 Å². The highest BCUT2D eigenvalue weighted by Crippen LogP contribution is 2.38. The number of hydrogen-bond acceptors (Lipinski definition) is 7. The van der Waals surface area contributed by atoms with Crippen LogP contribution in [0.4, 0.5) is 10.5 Å². The van der Waals surface area contributed by atoms with Crippen LogP contribution in [0.2, 0.25) is 0 Å². The second-order valence-corrected chi connectivity index (χ2v) is 12.1. The SMILES string of the molecule is Cc1ncsc1-c1ccc(CNC(=O)OC(C)(C)C)c(N(CCC(C)COc2ccc(C=O)cc2)C2CC2)c1. The molecule has 8 heteroatoms. The first-order chi connectivity index (χ1) is 18.6. The Morgan fingerprint density at radius 2 is 1.95 bits per heavy atom. The van der Waals surface area contributed by atoms with Crippen LogP contribution in [0.15, 0.2) is 48.0 Å². The molecule has 0 radical (unpaired) electrons. The van der Waals surface area contributed by atoms with Gasteiger partial charge in [0.05, 0.1) is 22.7 Å². The van der Waals surface area contributed by atoms with Crippen LogP contribution in [-0.4, -0.2) is 42.2 Å². The highest BCUT2D eigenvalue weighted by atomic mass is 32.1. The molecule has 1 amide bonds. The molecular formula is C31H39N3O4S. The molecule has 1 fully saturated rings. The molecule has 0 aliphatic heterocycles. The number of aryl methyl sites for hydroxylation is 1. The fourth-order valence-corrected chi connectivity index (χ4v) is 5.19. The number of carbonyl (C=O) groups is 2. The van der Waals surface area contributed by atoms with Crippen LogP contribution in [0.5, 0.6) is 5.75 Å². The Balaban J connectivity index is 1.48. The second-order valence-electron chi connectivity index (χ2n) is 11.3. The van der Waals surface area contributed by atoms with Gasteiger partial charge in [0.1, 0.15) is 17.6 Å². The maximum atomic E-state index is 12.4. The van der Waals surface area contributed by atoms with E-state index >= 15 is 0 Å². The summed E-state index contributed by atoms with van der Waals surface area (Å²) >= 11 is 1.65. The average molecular weight is 550 g/mol. The van der Waals surface area contributed by atoms with Crippen LogP contribution in [-0.2, 0) is 11.3 Å². The Kier molecular flexibility index (Phi) is 9.28. The summed E-state index contributed by atoms with van der Waals surface area (Å²) in [5, 5.41) is 2.95. The van der Waals surface area contributed by atoms with Crippen molar-refractivity contribution in [2.45, 2.75) is 72.1 Å². The smallest absolute Gasteiger partial charge is 0.407 e. The molecule has 3 aromatic rings. The van der Waals surface area contributed by atoms with Crippen LogP contribution in [0.3, 0.4) is 0 Å². The van der Waals surface area contributed by atoms with Crippen molar-refractivity contribution in [3.8, 4) is 16.2 Å². The fourth-order valence-electron chi connectivity index (χ4n) is 4.39. The lowest BCUT2D eigenvalue weighted by molar-refractivity contribution is 0.0523. The number of aromatic nitrogens is 1. The molecule has 39 heavy (non-hydrogen) atoms. The Morgan fingerprint density at radius 3 is 2.56 bits per heavy atom. The fraction of sp³-hybridized carbons (Fsp3) is 0.452. The van der Waals surface area contributed by atoms with E-state index in [4.69, 9.17) is 9.47 Å². The predicted molar refractivity (Wildman–Crippen MR) is 157 cm³/mol. The number of nitrogens with one attached hydrogen (secondary N) is 1. The summed E-state index contributed by atoms with van der Waals surface area (Å²) in [5.41, 5.74) is 6.37. The number of hydrogen-bond donors (Lipinski definition) is 1. The van der Waals surface area contributed by atoms with E-state index in [9.17, 15) is 9.59 Å². The molecule has 2 aromatic carbocycles. The summed E-state index contributed by atoms with van der Waals surface area (Å²) in [6.07, 6.45) is 3.71. The van der Waals surface area contributed by atoms with Gasteiger partial charge in [-0.25, -0.2) is 9.78 Å². The van der Waals surface area contributed by atoms with Crippen molar-refractivity contribution in [3.63, 3.8) is 0 Å². The van der Waals surface area contributed by atoms with E-state index in [0.717, 1.165) is 60.4 Å². The van der Waals surface area contributed by atoms with E-state index in [1.54, 1.807) is 23.5 Å². The van der Waals surface area contributed by atoms with Crippen molar-refractivity contribution in [3.05, 3.63) is 64.8 Å². The van der Waals surface area contributed by atoms with E-state index in [-0.39, 0.29) is 0 Å². The van der Waals surface area contributed by atoms with Crippen LogP contribution in [0, 0.1) is 12.8 Å². The second kappa shape index (κ2) is 12.6. The molecule has 1 aromatic heterocycles. The molecule has 4 rings (SSSR count). The Hall–Kier alpha value is -3.39. The van der Waals surface area contributed by atoms with E-state index in [0.29, 0.717) is 30.7 Å². The zero-order valence-corrected chi connectivity index (χ0v) is 24.3. The molecule has 1 aliphatic rings. The highest BCUT2D eigenvalue weighted by Gasteiger charge is 2.31. The lowest BCUT2D eigenvalue weighted by Gasteiger charge is -2.29. The third-order valence-corrected chi connectivity index (χ3v) is 7.60. The molecule has 0 spiro atoms. The maximum Gasteiger partial charge on any atom is 0.407 e. The summed E-state index contributed by atoms with van der Waals surface area (Å²) < 4.78 is 11.5. The molecule has 1 saturated carbocycles. The minimum absolute atomic E-state index is 0.340. The first-order valence-corrected chi connectivity index (χ1v) is 14.5. The van der Waals surface area contributed by atoms with E-state index in [1.165, 1.54) is 4.88 Å².